The van der Waals surface area contributed by atoms with Gasteiger partial charge in [0.15, 0.2) is 0 Å². The Kier molecular flexibility index (Phi) is 6.40. The maximum atomic E-state index is 12.9. The fourth-order valence-electron chi connectivity index (χ4n) is 5.21. The average Bonchev–Trinajstić information content (AvgIpc) is 3.51. The molecule has 3 N–H and O–H groups in total. The van der Waals surface area contributed by atoms with E-state index < -0.39 is 23.8 Å². The Morgan fingerprint density at radius 1 is 1.17 bits per heavy atom. The van der Waals surface area contributed by atoms with Gasteiger partial charge in [0.05, 0.1) is 22.9 Å². The summed E-state index contributed by atoms with van der Waals surface area (Å²) in [5, 5.41) is 8.10. The average molecular weight is 478 g/mol. The zero-order chi connectivity index (χ0) is 24.5. The van der Waals surface area contributed by atoms with Crippen LogP contribution in [-0.2, 0) is 9.59 Å². The summed E-state index contributed by atoms with van der Waals surface area (Å²) in [6, 6.07) is 6.60. The molecule has 5 rings (SSSR count). The number of aromatic nitrogens is 2. The maximum absolute atomic E-state index is 12.9. The molecule has 0 spiro atoms. The van der Waals surface area contributed by atoms with Crippen molar-refractivity contribution in [1.82, 2.24) is 14.7 Å². The molecule has 0 bridgehead atoms. The highest BCUT2D eigenvalue weighted by Gasteiger charge is 2.42. The lowest BCUT2D eigenvalue weighted by Crippen LogP contribution is -2.47. The standard InChI is InChI=1S/C26H31N5O4/c27-24(33)23(4-2-12-32)31-25(34)20-8-7-18(15-21(20)26(31)35)28-10-1-3-16-13-19(14-16)30-11-9-22(29-30)17-5-6-17/h7-9,11-12,15-17,19,23,28H,1-6,10,13-14H2,(H2,27,33)/t16-,19-,23?. The molecule has 2 fully saturated rings. The number of nitrogens with two attached hydrogens (primary N) is 1. The summed E-state index contributed by atoms with van der Waals surface area (Å²) >= 11 is 0. The van der Waals surface area contributed by atoms with Crippen LogP contribution in [0, 0.1) is 5.92 Å². The molecule has 1 aliphatic heterocycles. The van der Waals surface area contributed by atoms with Crippen LogP contribution in [0.1, 0.15) is 89.7 Å². The predicted octanol–water partition coefficient (Wildman–Crippen LogP) is 3.03. The molecule has 3 aliphatic rings. The van der Waals surface area contributed by atoms with Crippen molar-refractivity contribution in [3.8, 4) is 0 Å². The lowest BCUT2D eigenvalue weighted by atomic mass is 9.77. The highest BCUT2D eigenvalue weighted by atomic mass is 16.2. The van der Waals surface area contributed by atoms with Crippen molar-refractivity contribution in [3.05, 3.63) is 47.3 Å². The van der Waals surface area contributed by atoms with Crippen LogP contribution < -0.4 is 11.1 Å². The number of hydrogen-bond donors (Lipinski definition) is 2. The number of primary amides is 1. The molecular weight excluding hydrogens is 446 g/mol. The number of amides is 3. The van der Waals surface area contributed by atoms with Gasteiger partial charge in [0.2, 0.25) is 5.91 Å². The zero-order valence-corrected chi connectivity index (χ0v) is 19.7. The van der Waals surface area contributed by atoms with E-state index in [2.05, 4.69) is 22.3 Å². The molecular formula is C26H31N5O4. The predicted molar refractivity (Wildman–Crippen MR) is 129 cm³/mol. The molecule has 0 saturated heterocycles. The minimum atomic E-state index is -1.13. The molecule has 3 amide bonds. The smallest absolute Gasteiger partial charge is 0.262 e. The fourth-order valence-corrected chi connectivity index (χ4v) is 5.21. The SMILES string of the molecule is NC(=O)C(CCC=O)N1C(=O)c2ccc(NCCC[C@H]3C[C@H](n4ccc(C5CC5)n4)C3)cc2C1=O. The molecule has 2 saturated carbocycles. The minimum absolute atomic E-state index is 0.0273. The van der Waals surface area contributed by atoms with Gasteiger partial charge < -0.3 is 15.8 Å². The van der Waals surface area contributed by atoms with Gasteiger partial charge in [-0.1, -0.05) is 0 Å². The number of anilines is 1. The highest BCUT2D eigenvalue weighted by Crippen LogP contribution is 2.42. The molecule has 2 heterocycles. The van der Waals surface area contributed by atoms with Gasteiger partial charge in [0.1, 0.15) is 12.3 Å². The van der Waals surface area contributed by atoms with E-state index in [-0.39, 0.29) is 24.0 Å². The van der Waals surface area contributed by atoms with Crippen molar-refractivity contribution >= 4 is 29.7 Å². The third-order valence-electron chi connectivity index (χ3n) is 7.44. The Balaban J connectivity index is 1.10. The van der Waals surface area contributed by atoms with E-state index in [1.165, 1.54) is 31.4 Å². The number of carbonyl (C=O) groups excluding carboxylic acids is 4. The molecule has 2 aliphatic carbocycles. The Morgan fingerprint density at radius 3 is 2.66 bits per heavy atom. The Labute approximate surface area is 204 Å². The Bertz CT molecular complexity index is 1150. The topological polar surface area (TPSA) is 127 Å². The van der Waals surface area contributed by atoms with Crippen molar-refractivity contribution < 1.29 is 19.2 Å². The van der Waals surface area contributed by atoms with Crippen LogP contribution in [-0.4, -0.2) is 51.3 Å². The number of nitrogens with one attached hydrogen (secondary N) is 1. The van der Waals surface area contributed by atoms with E-state index in [0.29, 0.717) is 24.2 Å². The lowest BCUT2D eigenvalue weighted by molar-refractivity contribution is -0.122. The van der Waals surface area contributed by atoms with Gasteiger partial charge in [-0.3, -0.25) is 24.0 Å². The molecule has 2 aromatic rings. The molecule has 1 aromatic heterocycles. The van der Waals surface area contributed by atoms with Gasteiger partial charge >= 0.3 is 0 Å². The number of nitrogens with zero attached hydrogens (tertiary/aromatic N) is 3. The molecule has 35 heavy (non-hydrogen) atoms. The monoisotopic (exact) mass is 477 g/mol. The second-order valence-electron chi connectivity index (χ2n) is 9.96. The Morgan fingerprint density at radius 2 is 1.94 bits per heavy atom. The van der Waals surface area contributed by atoms with Crippen molar-refractivity contribution in [2.45, 2.75) is 69.4 Å². The molecule has 184 valence electrons. The van der Waals surface area contributed by atoms with E-state index in [0.717, 1.165) is 30.0 Å². The van der Waals surface area contributed by atoms with Crippen LogP contribution in [0.4, 0.5) is 5.69 Å². The quantitative estimate of drug-likeness (QED) is 0.275. The summed E-state index contributed by atoms with van der Waals surface area (Å²) < 4.78 is 2.15. The van der Waals surface area contributed by atoms with Gasteiger partial charge in [-0.25, -0.2) is 0 Å². The Hall–Kier alpha value is -3.49. The van der Waals surface area contributed by atoms with Crippen molar-refractivity contribution in [2.24, 2.45) is 11.7 Å². The van der Waals surface area contributed by atoms with Gasteiger partial charge in [-0.2, -0.15) is 5.10 Å². The maximum Gasteiger partial charge on any atom is 0.262 e. The zero-order valence-electron chi connectivity index (χ0n) is 19.7. The molecule has 1 aromatic carbocycles. The highest BCUT2D eigenvalue weighted by molar-refractivity contribution is 6.23. The molecule has 9 heteroatoms. The number of rotatable bonds is 12. The third-order valence-corrected chi connectivity index (χ3v) is 7.44. The number of hydrogen-bond acceptors (Lipinski definition) is 6. The van der Waals surface area contributed by atoms with Crippen molar-refractivity contribution in [3.63, 3.8) is 0 Å². The van der Waals surface area contributed by atoms with Crippen LogP contribution in [0.15, 0.2) is 30.5 Å². The number of fused-ring (bicyclic) bond motifs is 1. The van der Waals surface area contributed by atoms with E-state index in [1.54, 1.807) is 18.2 Å². The molecule has 1 atom stereocenters. The van der Waals surface area contributed by atoms with Crippen LogP contribution in [0.25, 0.3) is 0 Å². The number of carbonyl (C=O) groups is 4. The number of imide groups is 1. The minimum Gasteiger partial charge on any atom is -0.385 e. The lowest BCUT2D eigenvalue weighted by Gasteiger charge is -2.35. The second kappa shape index (κ2) is 9.64. The van der Waals surface area contributed by atoms with Gasteiger partial charge in [0, 0.05) is 30.8 Å². The summed E-state index contributed by atoms with van der Waals surface area (Å²) in [6.07, 6.45) is 9.87. The molecule has 1 unspecified atom stereocenters. The van der Waals surface area contributed by atoms with Gasteiger partial charge in [-0.05, 0) is 75.1 Å². The molecule has 9 nitrogen and oxygen atoms in total. The first kappa shape index (κ1) is 23.3. The first-order valence-corrected chi connectivity index (χ1v) is 12.5. The molecule has 0 radical (unpaired) electrons. The largest absolute Gasteiger partial charge is 0.385 e. The van der Waals surface area contributed by atoms with Crippen LogP contribution >= 0.6 is 0 Å². The van der Waals surface area contributed by atoms with E-state index in [4.69, 9.17) is 10.8 Å². The van der Waals surface area contributed by atoms with Gasteiger partial charge in [0.25, 0.3) is 11.8 Å². The number of aldehydes is 1. The van der Waals surface area contributed by atoms with E-state index >= 15 is 0 Å². The summed E-state index contributed by atoms with van der Waals surface area (Å²) in [7, 11) is 0. The van der Waals surface area contributed by atoms with Crippen LogP contribution in [0.3, 0.4) is 0 Å². The van der Waals surface area contributed by atoms with Crippen molar-refractivity contribution in [1.29, 1.82) is 0 Å². The van der Waals surface area contributed by atoms with Crippen LogP contribution in [0.5, 0.6) is 0 Å². The first-order valence-electron chi connectivity index (χ1n) is 12.5. The summed E-state index contributed by atoms with van der Waals surface area (Å²) in [5.74, 6) is -0.491. The second-order valence-corrected chi connectivity index (χ2v) is 9.96. The first-order chi connectivity index (χ1) is 17.0. The summed E-state index contributed by atoms with van der Waals surface area (Å²) in [6.45, 7) is 0.767. The van der Waals surface area contributed by atoms with Gasteiger partial charge in [-0.15, -0.1) is 0 Å². The summed E-state index contributed by atoms with van der Waals surface area (Å²) in [5.41, 5.74) is 7.92. The summed E-state index contributed by atoms with van der Waals surface area (Å²) in [4.78, 5) is 49.1. The third kappa shape index (κ3) is 4.72. The van der Waals surface area contributed by atoms with Crippen LogP contribution in [0.2, 0.25) is 0 Å². The fraction of sp³-hybridized carbons (Fsp3) is 0.500. The van der Waals surface area contributed by atoms with E-state index in [1.807, 2.05) is 0 Å². The van der Waals surface area contributed by atoms with E-state index in [9.17, 15) is 19.2 Å². The number of benzene rings is 1. The normalized spacial score (nSPS) is 22.0. The van der Waals surface area contributed by atoms with Crippen molar-refractivity contribution in [2.75, 3.05) is 11.9 Å².